The Labute approximate surface area is 260 Å². The number of hydrogen-bond acceptors (Lipinski definition) is 12. The van der Waals surface area contributed by atoms with E-state index in [0.717, 1.165) is 19.2 Å². The summed E-state index contributed by atoms with van der Waals surface area (Å²) in [5, 5.41) is 25.1. The van der Waals surface area contributed by atoms with Crippen LogP contribution in [0, 0.1) is 5.41 Å². The maximum Gasteiger partial charge on any atom is 1.00 e. The third-order valence-corrected chi connectivity index (χ3v) is 4.28. The number of rotatable bonds is 5. The zero-order valence-corrected chi connectivity index (χ0v) is 26.8. The van der Waals surface area contributed by atoms with Crippen molar-refractivity contribution in [1.82, 2.24) is 14.9 Å². The van der Waals surface area contributed by atoms with Crippen LogP contribution in [-0.4, -0.2) is 110 Å². The Kier molecular flexibility index (Phi) is 28.0. The number of guanidine groups is 1. The van der Waals surface area contributed by atoms with E-state index in [4.69, 9.17) is 30.8 Å². The standard InChI is InChI=1S/C8H11N3O3.C7H12O4.C5H11N3O.C2H5O.BrH.Na/c12-6-5-7(13)10-8(9-6)11-1-3-14-4-2-11;1-3-10-6(8)5-7(9)11-4-2;6-5(7)8-1-3-9-4-2-8;1-2-3;;/h5H,1-4H2,(H2,9,10,12,13);3-5H2,1-2H3;1-4H2,(H3,6,7);2H2,1H3;1H;/q;;;-1;;+1. The molecule has 17 heteroatoms. The number of anilines is 1. The van der Waals surface area contributed by atoms with Crippen LogP contribution >= 0.6 is 17.0 Å². The first-order valence-electron chi connectivity index (χ1n) is 11.9. The van der Waals surface area contributed by atoms with E-state index >= 15 is 0 Å². The third kappa shape index (κ3) is 21.5. The molecule has 1 aromatic rings. The second kappa shape index (κ2) is 26.3. The van der Waals surface area contributed by atoms with Gasteiger partial charge in [-0.15, -0.1) is 23.6 Å². The predicted molar refractivity (Wildman–Crippen MR) is 143 cm³/mol. The molecule has 0 spiro atoms. The van der Waals surface area contributed by atoms with Gasteiger partial charge in [0.05, 0.1) is 45.7 Å². The molecule has 3 heterocycles. The number of H-pyrrole nitrogens is 1. The molecular formula is C22H40BrN6NaO9. The number of esters is 2. The van der Waals surface area contributed by atoms with E-state index in [9.17, 15) is 14.4 Å². The Hall–Kier alpha value is -1.95. The summed E-state index contributed by atoms with van der Waals surface area (Å²) in [6.07, 6.45) is -0.290. The fourth-order valence-electron chi connectivity index (χ4n) is 2.70. The first-order valence-corrected chi connectivity index (χ1v) is 11.9. The fraction of sp³-hybridized carbons (Fsp3) is 0.682. The third-order valence-electron chi connectivity index (χ3n) is 4.28. The van der Waals surface area contributed by atoms with Gasteiger partial charge in [-0.05, 0) is 13.8 Å². The molecule has 0 aliphatic carbocycles. The average molecular weight is 635 g/mol. The molecule has 0 atom stereocenters. The van der Waals surface area contributed by atoms with Gasteiger partial charge in [-0.1, -0.05) is 6.92 Å². The average Bonchev–Trinajstić information content (AvgIpc) is 2.86. The molecule has 1 aromatic heterocycles. The maximum atomic E-state index is 11.0. The molecule has 2 aliphatic heterocycles. The first kappa shape index (κ1) is 41.5. The molecule has 3 rings (SSSR count). The largest absolute Gasteiger partial charge is 1.00 e. The number of carbonyl (C=O) groups excluding carboxylic acids is 2. The SMILES string of the molecule is Br.CCOC(=O)CC(=O)OCC.CC[O-].N=C(N)N1CCOCC1.O=c1cc(O)nc(N2CCOCC2)[nH]1.[Na+]. The number of halogens is 1. The van der Waals surface area contributed by atoms with Crippen LogP contribution < -0.4 is 50.9 Å². The summed E-state index contributed by atoms with van der Waals surface area (Å²) in [5.74, 6) is -0.774. The predicted octanol–water partition coefficient (Wildman–Crippen LogP) is -4.02. The van der Waals surface area contributed by atoms with Crippen molar-refractivity contribution < 1.29 is 68.3 Å². The van der Waals surface area contributed by atoms with E-state index in [2.05, 4.69) is 19.4 Å². The van der Waals surface area contributed by atoms with E-state index in [1.165, 1.54) is 0 Å². The molecule has 15 nitrogen and oxygen atoms in total. The molecule has 2 fully saturated rings. The maximum absolute atomic E-state index is 11.0. The van der Waals surface area contributed by atoms with Gasteiger partial charge in [0.15, 0.2) is 5.96 Å². The second-order valence-corrected chi connectivity index (χ2v) is 7.09. The van der Waals surface area contributed by atoms with Gasteiger partial charge in [-0.2, -0.15) is 4.98 Å². The molecule has 0 unspecified atom stereocenters. The summed E-state index contributed by atoms with van der Waals surface area (Å²) in [6.45, 7) is 11.0. The van der Waals surface area contributed by atoms with Crippen LogP contribution in [0.2, 0.25) is 0 Å². The molecule has 2 aliphatic rings. The molecule has 0 amide bonds. The van der Waals surface area contributed by atoms with Crippen LogP contribution in [0.25, 0.3) is 0 Å². The number of nitrogens with two attached hydrogens (primary N) is 1. The van der Waals surface area contributed by atoms with E-state index < -0.39 is 11.9 Å². The van der Waals surface area contributed by atoms with Crippen molar-refractivity contribution >= 4 is 40.8 Å². The van der Waals surface area contributed by atoms with Crippen molar-refractivity contribution in [3.8, 4) is 5.88 Å². The second-order valence-electron chi connectivity index (χ2n) is 7.09. The number of hydrogen-bond donors (Lipinski definition) is 4. The normalized spacial score (nSPS) is 13.6. The Bertz CT molecular complexity index is 838. The van der Waals surface area contributed by atoms with Crippen molar-refractivity contribution in [2.45, 2.75) is 27.2 Å². The van der Waals surface area contributed by atoms with Crippen molar-refractivity contribution in [2.24, 2.45) is 5.73 Å². The quantitative estimate of drug-likeness (QED) is 0.0798. The minimum atomic E-state index is -0.536. The van der Waals surface area contributed by atoms with Gasteiger partial charge in [0.1, 0.15) is 6.42 Å². The van der Waals surface area contributed by atoms with E-state index in [-0.39, 0.29) is 90.2 Å². The van der Waals surface area contributed by atoms with Crippen LogP contribution in [0.3, 0.4) is 0 Å². The molecule has 0 bridgehead atoms. The van der Waals surface area contributed by atoms with Gasteiger partial charge in [0, 0.05) is 26.2 Å². The summed E-state index contributed by atoms with van der Waals surface area (Å²) in [6, 6.07) is 1.05. The Morgan fingerprint density at radius 1 is 1.08 bits per heavy atom. The number of nitrogens with zero attached hydrogens (tertiary/aromatic N) is 3. The van der Waals surface area contributed by atoms with Crippen molar-refractivity contribution in [2.75, 3.05) is 77.3 Å². The molecular weight excluding hydrogens is 595 g/mol. The Balaban J connectivity index is -0.000000473. The number of aromatic hydroxyl groups is 1. The molecule has 5 N–H and O–H groups in total. The number of aromatic nitrogens is 2. The van der Waals surface area contributed by atoms with Crippen molar-refractivity contribution in [3.63, 3.8) is 0 Å². The van der Waals surface area contributed by atoms with Crippen LogP contribution in [0.1, 0.15) is 27.2 Å². The smallest absolute Gasteiger partial charge is 0.855 e. The fourth-order valence-corrected chi connectivity index (χ4v) is 2.70. The van der Waals surface area contributed by atoms with Gasteiger partial charge >= 0.3 is 41.5 Å². The number of morpholine rings is 2. The summed E-state index contributed by atoms with van der Waals surface area (Å²) in [4.78, 5) is 42.3. The number of nitrogens with one attached hydrogen (secondary N) is 2. The Morgan fingerprint density at radius 3 is 1.87 bits per heavy atom. The molecule has 0 saturated carbocycles. The van der Waals surface area contributed by atoms with Crippen LogP contribution in [-0.2, 0) is 28.5 Å². The molecule has 2 saturated heterocycles. The molecule has 220 valence electrons. The number of aromatic amines is 1. The van der Waals surface area contributed by atoms with Crippen LogP contribution in [0.5, 0.6) is 5.88 Å². The van der Waals surface area contributed by atoms with E-state index in [1.807, 2.05) is 4.90 Å². The molecule has 0 aromatic carbocycles. The zero-order valence-electron chi connectivity index (χ0n) is 23.1. The summed E-state index contributed by atoms with van der Waals surface area (Å²) < 4.78 is 19.3. The van der Waals surface area contributed by atoms with Crippen LogP contribution in [0.4, 0.5) is 5.95 Å². The Morgan fingerprint density at radius 2 is 1.51 bits per heavy atom. The number of carbonyl (C=O) groups is 2. The van der Waals surface area contributed by atoms with Crippen molar-refractivity contribution in [3.05, 3.63) is 16.4 Å². The van der Waals surface area contributed by atoms with E-state index in [0.29, 0.717) is 45.5 Å². The van der Waals surface area contributed by atoms with Crippen molar-refractivity contribution in [1.29, 1.82) is 5.41 Å². The van der Waals surface area contributed by atoms with Crippen LogP contribution in [0.15, 0.2) is 10.9 Å². The van der Waals surface area contributed by atoms with Gasteiger partial charge < -0.3 is 44.7 Å². The number of ether oxygens (including phenoxy) is 4. The summed E-state index contributed by atoms with van der Waals surface area (Å²) >= 11 is 0. The first-order chi connectivity index (χ1) is 17.7. The summed E-state index contributed by atoms with van der Waals surface area (Å²) in [7, 11) is 0. The topological polar surface area (TPSA) is 216 Å². The minimum Gasteiger partial charge on any atom is -0.855 e. The van der Waals surface area contributed by atoms with Gasteiger partial charge in [-0.25, -0.2) is 0 Å². The van der Waals surface area contributed by atoms with Gasteiger partial charge in [-0.3, -0.25) is 24.8 Å². The van der Waals surface area contributed by atoms with E-state index in [1.54, 1.807) is 25.7 Å². The zero-order chi connectivity index (χ0) is 28.1. The monoisotopic (exact) mass is 634 g/mol. The summed E-state index contributed by atoms with van der Waals surface area (Å²) in [5.41, 5.74) is 4.87. The minimum absolute atomic E-state index is 0. The molecule has 0 radical (unpaired) electrons. The molecule has 39 heavy (non-hydrogen) atoms. The van der Waals surface area contributed by atoms with Gasteiger partial charge in [0.25, 0.3) is 5.56 Å². The van der Waals surface area contributed by atoms with Gasteiger partial charge in [0.2, 0.25) is 11.8 Å².